The number of esters is 1. The van der Waals surface area contributed by atoms with Gasteiger partial charge in [-0.05, 0) is 45.3 Å². The van der Waals surface area contributed by atoms with Crippen molar-refractivity contribution < 1.29 is 24.2 Å². The fourth-order valence-corrected chi connectivity index (χ4v) is 2.41. The predicted octanol–water partition coefficient (Wildman–Crippen LogP) is 5.09. The van der Waals surface area contributed by atoms with Crippen molar-refractivity contribution in [3.05, 3.63) is 66.8 Å². The highest BCUT2D eigenvalue weighted by molar-refractivity contribution is 5.80. The number of allylic oxidation sites excluding steroid dienone is 4. The van der Waals surface area contributed by atoms with Crippen molar-refractivity contribution in [1.29, 1.82) is 0 Å². The SMILES string of the molecule is C=C/C=C(\C=C)c1ccc(C)cc1.CC(CCNC(=O)CCC(=O)O)C(=O)OC(C)(C)C. The van der Waals surface area contributed by atoms with Gasteiger partial charge in [0.05, 0.1) is 12.3 Å². The van der Waals surface area contributed by atoms with Gasteiger partial charge in [0, 0.05) is 13.0 Å². The summed E-state index contributed by atoms with van der Waals surface area (Å²) in [7, 11) is 0. The average molecular weight is 444 g/mol. The molecule has 0 aliphatic carbocycles. The third-order valence-electron chi connectivity index (χ3n) is 4.18. The number of carboxylic acids is 1. The fourth-order valence-electron chi connectivity index (χ4n) is 2.41. The Morgan fingerprint density at radius 3 is 2.19 bits per heavy atom. The number of carbonyl (C=O) groups excluding carboxylic acids is 2. The van der Waals surface area contributed by atoms with Crippen LogP contribution < -0.4 is 5.32 Å². The molecule has 1 unspecified atom stereocenters. The third-order valence-corrected chi connectivity index (χ3v) is 4.18. The Labute approximate surface area is 192 Å². The Balaban J connectivity index is 0.000000641. The molecule has 176 valence electrons. The Morgan fingerprint density at radius 1 is 1.12 bits per heavy atom. The Hall–Kier alpha value is -3.15. The van der Waals surface area contributed by atoms with Crippen LogP contribution in [0.3, 0.4) is 0 Å². The van der Waals surface area contributed by atoms with E-state index in [1.165, 1.54) is 11.1 Å². The van der Waals surface area contributed by atoms with Gasteiger partial charge in [0.2, 0.25) is 5.91 Å². The summed E-state index contributed by atoms with van der Waals surface area (Å²) in [4.78, 5) is 33.1. The maximum atomic E-state index is 11.6. The fraction of sp³-hybridized carbons (Fsp3) is 0.423. The summed E-state index contributed by atoms with van der Waals surface area (Å²) < 4.78 is 5.21. The van der Waals surface area contributed by atoms with Crippen molar-refractivity contribution in [2.24, 2.45) is 5.92 Å². The van der Waals surface area contributed by atoms with E-state index >= 15 is 0 Å². The van der Waals surface area contributed by atoms with Crippen molar-refractivity contribution in [2.75, 3.05) is 6.54 Å². The molecule has 0 saturated heterocycles. The first-order chi connectivity index (χ1) is 14.9. The van der Waals surface area contributed by atoms with E-state index in [-0.39, 0.29) is 30.6 Å². The van der Waals surface area contributed by atoms with E-state index in [4.69, 9.17) is 9.84 Å². The van der Waals surface area contributed by atoms with Crippen molar-refractivity contribution in [3.63, 3.8) is 0 Å². The molecule has 1 aromatic carbocycles. The third kappa shape index (κ3) is 14.0. The molecule has 6 heteroatoms. The molecule has 1 atom stereocenters. The van der Waals surface area contributed by atoms with Gasteiger partial charge >= 0.3 is 11.9 Å². The summed E-state index contributed by atoms with van der Waals surface area (Å²) >= 11 is 0. The minimum absolute atomic E-state index is 0.0455. The van der Waals surface area contributed by atoms with Gasteiger partial charge in [0.25, 0.3) is 0 Å². The van der Waals surface area contributed by atoms with Gasteiger partial charge in [-0.3, -0.25) is 14.4 Å². The molecule has 1 aromatic rings. The number of carboxylic acid groups (broad SMARTS) is 1. The van der Waals surface area contributed by atoms with E-state index in [2.05, 4.69) is 49.7 Å². The van der Waals surface area contributed by atoms with Gasteiger partial charge in [0.15, 0.2) is 0 Å². The summed E-state index contributed by atoms with van der Waals surface area (Å²) in [6, 6.07) is 8.37. The molecule has 1 rings (SSSR count). The first-order valence-corrected chi connectivity index (χ1v) is 10.6. The molecule has 0 aliphatic heterocycles. The molecule has 0 radical (unpaired) electrons. The minimum Gasteiger partial charge on any atom is -0.481 e. The van der Waals surface area contributed by atoms with Crippen LogP contribution in [0.15, 0.2) is 55.7 Å². The quantitative estimate of drug-likeness (QED) is 0.388. The molecular formula is C26H37NO5. The molecule has 0 aromatic heterocycles. The number of benzene rings is 1. The standard InChI is InChI=1S/C13H23NO5.C13H14/c1-9(12(18)19-13(2,3)4)7-8-14-10(15)5-6-11(16)17;1-4-6-12(5-2)13-9-7-11(3)8-10-13/h9H,5-8H2,1-4H3,(H,14,15)(H,16,17);4-10H,1-2H2,3H3/b;12-6+. The van der Waals surface area contributed by atoms with E-state index in [0.717, 1.165) is 5.57 Å². The van der Waals surface area contributed by atoms with Gasteiger partial charge in [-0.15, -0.1) is 0 Å². The molecule has 0 saturated carbocycles. The maximum Gasteiger partial charge on any atom is 0.309 e. The molecule has 0 fully saturated rings. The monoisotopic (exact) mass is 443 g/mol. The Kier molecular flexibility index (Phi) is 13.3. The first-order valence-electron chi connectivity index (χ1n) is 10.6. The number of aryl methyl sites for hydroxylation is 1. The highest BCUT2D eigenvalue weighted by Crippen LogP contribution is 2.16. The predicted molar refractivity (Wildman–Crippen MR) is 129 cm³/mol. The molecule has 6 nitrogen and oxygen atoms in total. The van der Waals surface area contributed by atoms with Crippen LogP contribution in [-0.2, 0) is 19.1 Å². The summed E-state index contributed by atoms with van der Waals surface area (Å²) in [5.41, 5.74) is 3.04. The van der Waals surface area contributed by atoms with Gasteiger partial charge in [-0.2, -0.15) is 0 Å². The second kappa shape index (κ2) is 14.8. The minimum atomic E-state index is -1.00. The number of hydrogen-bond donors (Lipinski definition) is 2. The average Bonchev–Trinajstić information content (AvgIpc) is 2.70. The molecule has 0 bridgehead atoms. The maximum absolute atomic E-state index is 11.6. The number of rotatable bonds is 10. The first kappa shape index (κ1) is 28.9. The number of ether oxygens (including phenoxy) is 1. The molecule has 0 aliphatic rings. The smallest absolute Gasteiger partial charge is 0.309 e. The van der Waals surface area contributed by atoms with Crippen molar-refractivity contribution in [2.45, 2.75) is 59.5 Å². The molecule has 32 heavy (non-hydrogen) atoms. The zero-order valence-corrected chi connectivity index (χ0v) is 19.9. The molecule has 1 amide bonds. The van der Waals surface area contributed by atoms with E-state index in [9.17, 15) is 14.4 Å². The topological polar surface area (TPSA) is 92.7 Å². The normalized spacial score (nSPS) is 12.0. The van der Waals surface area contributed by atoms with Crippen molar-refractivity contribution in [3.8, 4) is 0 Å². The van der Waals surface area contributed by atoms with Crippen LogP contribution in [0.1, 0.15) is 58.1 Å². The second-order valence-corrected chi connectivity index (χ2v) is 8.39. The van der Waals surface area contributed by atoms with Gasteiger partial charge in [0.1, 0.15) is 5.60 Å². The van der Waals surface area contributed by atoms with Crippen molar-refractivity contribution >= 4 is 23.4 Å². The number of hydrogen-bond acceptors (Lipinski definition) is 4. The number of carbonyl (C=O) groups is 3. The zero-order chi connectivity index (χ0) is 24.7. The van der Waals surface area contributed by atoms with E-state index in [1.54, 1.807) is 33.8 Å². The van der Waals surface area contributed by atoms with E-state index in [0.29, 0.717) is 13.0 Å². The summed E-state index contributed by atoms with van der Waals surface area (Å²) in [6.07, 6.45) is 5.80. The van der Waals surface area contributed by atoms with Crippen LogP contribution in [0.2, 0.25) is 0 Å². The van der Waals surface area contributed by atoms with Crippen LogP contribution in [0, 0.1) is 12.8 Å². The van der Waals surface area contributed by atoms with Gasteiger partial charge < -0.3 is 15.2 Å². The molecule has 2 N–H and O–H groups in total. The molecule has 0 spiro atoms. The van der Waals surface area contributed by atoms with E-state index in [1.807, 2.05) is 12.2 Å². The van der Waals surface area contributed by atoms with Crippen LogP contribution >= 0.6 is 0 Å². The van der Waals surface area contributed by atoms with E-state index < -0.39 is 11.6 Å². The highest BCUT2D eigenvalue weighted by Gasteiger charge is 2.21. The number of aliphatic carboxylic acids is 1. The lowest BCUT2D eigenvalue weighted by atomic mass is 10.0. The van der Waals surface area contributed by atoms with Crippen LogP contribution in [0.4, 0.5) is 0 Å². The summed E-state index contributed by atoms with van der Waals surface area (Å²) in [5.74, 6) is -1.93. The lowest BCUT2D eigenvalue weighted by molar-refractivity contribution is -0.159. The Bertz CT molecular complexity index is 801. The Morgan fingerprint density at radius 2 is 1.72 bits per heavy atom. The zero-order valence-electron chi connectivity index (χ0n) is 19.9. The van der Waals surface area contributed by atoms with Crippen LogP contribution in [-0.4, -0.2) is 35.1 Å². The lowest BCUT2D eigenvalue weighted by Gasteiger charge is -2.22. The van der Waals surface area contributed by atoms with Crippen molar-refractivity contribution in [1.82, 2.24) is 5.32 Å². The van der Waals surface area contributed by atoms with Gasteiger partial charge in [-0.25, -0.2) is 0 Å². The molecule has 0 heterocycles. The number of nitrogens with one attached hydrogen (secondary N) is 1. The molecular weight excluding hydrogens is 406 g/mol. The second-order valence-electron chi connectivity index (χ2n) is 8.39. The largest absolute Gasteiger partial charge is 0.481 e. The van der Waals surface area contributed by atoms with Gasteiger partial charge in [-0.1, -0.05) is 68.1 Å². The number of amides is 1. The lowest BCUT2D eigenvalue weighted by Crippen LogP contribution is -2.31. The summed E-state index contributed by atoms with van der Waals surface area (Å²) in [6.45, 7) is 17.0. The van der Waals surface area contributed by atoms with Crippen LogP contribution in [0.5, 0.6) is 0 Å². The summed E-state index contributed by atoms with van der Waals surface area (Å²) in [5, 5.41) is 11.0. The van der Waals surface area contributed by atoms with Crippen LogP contribution in [0.25, 0.3) is 5.57 Å². The highest BCUT2D eigenvalue weighted by atomic mass is 16.6.